The zero-order valence-electron chi connectivity index (χ0n) is 12.0. The van der Waals surface area contributed by atoms with E-state index in [0.29, 0.717) is 4.91 Å². The summed E-state index contributed by atoms with van der Waals surface area (Å²) in [5.41, 5.74) is 0.959. The molecule has 1 saturated heterocycles. The highest BCUT2D eigenvalue weighted by Crippen LogP contribution is 2.31. The van der Waals surface area contributed by atoms with Crippen molar-refractivity contribution in [1.82, 2.24) is 9.88 Å². The zero-order chi connectivity index (χ0) is 14.8. The van der Waals surface area contributed by atoms with Gasteiger partial charge in [0.15, 0.2) is 5.17 Å². The number of aliphatic imine (C=N–C) groups is 1. The van der Waals surface area contributed by atoms with Crippen LogP contribution in [0.25, 0.3) is 6.08 Å². The third-order valence-electron chi connectivity index (χ3n) is 3.30. The van der Waals surface area contributed by atoms with Gasteiger partial charge in [-0.05, 0) is 49.4 Å². The van der Waals surface area contributed by atoms with E-state index in [1.165, 1.54) is 11.8 Å². The van der Waals surface area contributed by atoms with Crippen molar-refractivity contribution in [2.24, 2.45) is 4.99 Å². The summed E-state index contributed by atoms with van der Waals surface area (Å²) in [5, 5.41) is 0.780. The fourth-order valence-corrected chi connectivity index (χ4v) is 3.41. The molecule has 1 fully saturated rings. The monoisotopic (exact) mass is 303 g/mol. The van der Waals surface area contributed by atoms with Crippen LogP contribution in [0.2, 0.25) is 0 Å². The molecule has 2 atom stereocenters. The summed E-state index contributed by atoms with van der Waals surface area (Å²) in [6.45, 7) is 5.62. The predicted molar refractivity (Wildman–Crippen MR) is 83.8 cm³/mol. The molecule has 0 N–H and O–H groups in total. The molecular formula is C15H17N3O2S. The first-order valence-corrected chi connectivity index (χ1v) is 7.76. The van der Waals surface area contributed by atoms with Crippen molar-refractivity contribution in [2.75, 3.05) is 13.1 Å². The van der Waals surface area contributed by atoms with E-state index >= 15 is 0 Å². The van der Waals surface area contributed by atoms with Crippen LogP contribution in [0.3, 0.4) is 0 Å². The van der Waals surface area contributed by atoms with Crippen LogP contribution in [0.5, 0.6) is 0 Å². The van der Waals surface area contributed by atoms with Gasteiger partial charge in [0.25, 0.3) is 5.91 Å². The summed E-state index contributed by atoms with van der Waals surface area (Å²) >= 11 is 1.44. The van der Waals surface area contributed by atoms with Crippen molar-refractivity contribution >= 4 is 28.9 Å². The highest BCUT2D eigenvalue weighted by atomic mass is 32.2. The van der Waals surface area contributed by atoms with Gasteiger partial charge < -0.3 is 9.64 Å². The van der Waals surface area contributed by atoms with E-state index in [2.05, 4.69) is 14.9 Å². The summed E-state index contributed by atoms with van der Waals surface area (Å²) in [7, 11) is 0. The standard InChI is InChI=1S/C15H17N3O2S/c1-10-8-18(9-11(2)20-10)15-17-14(19)13(21-15)7-12-3-5-16-6-4-12/h3-7,10-11H,8-9H2,1-2H3/b13-7-/t10-,11-/m1/s1. The van der Waals surface area contributed by atoms with Crippen LogP contribution in [-0.2, 0) is 9.53 Å². The van der Waals surface area contributed by atoms with Gasteiger partial charge in [0.05, 0.1) is 17.1 Å². The van der Waals surface area contributed by atoms with E-state index in [4.69, 9.17) is 4.74 Å². The van der Waals surface area contributed by atoms with Crippen molar-refractivity contribution in [2.45, 2.75) is 26.1 Å². The lowest BCUT2D eigenvalue weighted by molar-refractivity contribution is -0.113. The van der Waals surface area contributed by atoms with Gasteiger partial charge in [0.2, 0.25) is 0 Å². The van der Waals surface area contributed by atoms with Gasteiger partial charge in [-0.1, -0.05) is 0 Å². The lowest BCUT2D eigenvalue weighted by Crippen LogP contribution is -2.47. The van der Waals surface area contributed by atoms with E-state index in [9.17, 15) is 4.79 Å². The molecule has 0 radical (unpaired) electrons. The molecule has 0 bridgehead atoms. The number of pyridine rings is 1. The molecule has 0 aromatic carbocycles. The van der Waals surface area contributed by atoms with Crippen LogP contribution >= 0.6 is 11.8 Å². The van der Waals surface area contributed by atoms with Crippen molar-refractivity contribution in [3.8, 4) is 0 Å². The second kappa shape index (κ2) is 5.99. The Bertz CT molecular complexity index is 590. The largest absolute Gasteiger partial charge is 0.372 e. The maximum Gasteiger partial charge on any atom is 0.286 e. The minimum absolute atomic E-state index is 0.153. The average molecular weight is 303 g/mol. The van der Waals surface area contributed by atoms with Crippen molar-refractivity contribution in [3.63, 3.8) is 0 Å². The van der Waals surface area contributed by atoms with Gasteiger partial charge in [0.1, 0.15) is 0 Å². The molecule has 1 aromatic rings. The van der Waals surface area contributed by atoms with Crippen molar-refractivity contribution in [1.29, 1.82) is 0 Å². The van der Waals surface area contributed by atoms with Gasteiger partial charge in [-0.15, -0.1) is 0 Å². The minimum atomic E-state index is -0.168. The van der Waals surface area contributed by atoms with E-state index in [1.807, 2.05) is 32.1 Å². The highest BCUT2D eigenvalue weighted by molar-refractivity contribution is 8.18. The number of amidine groups is 1. The molecule has 1 amide bonds. The molecular weight excluding hydrogens is 286 g/mol. The van der Waals surface area contributed by atoms with E-state index in [1.54, 1.807) is 12.4 Å². The number of hydrogen-bond acceptors (Lipinski definition) is 5. The number of aromatic nitrogens is 1. The average Bonchev–Trinajstić information content (AvgIpc) is 2.80. The van der Waals surface area contributed by atoms with Crippen molar-refractivity contribution in [3.05, 3.63) is 35.0 Å². The fourth-order valence-electron chi connectivity index (χ4n) is 2.48. The second-order valence-electron chi connectivity index (χ2n) is 5.25. The first kappa shape index (κ1) is 14.3. The Balaban J connectivity index is 1.74. The first-order chi connectivity index (χ1) is 10.1. The molecule has 2 aliphatic heterocycles. The quantitative estimate of drug-likeness (QED) is 0.744. The Morgan fingerprint density at radius 3 is 2.62 bits per heavy atom. The normalized spacial score (nSPS) is 28.1. The predicted octanol–water partition coefficient (Wildman–Crippen LogP) is 2.16. The smallest absolute Gasteiger partial charge is 0.286 e. The SMILES string of the molecule is C[C@@H]1CN(C2=NC(=O)/C(=C/c3ccncc3)S2)C[C@@H](C)O1. The molecule has 5 nitrogen and oxygen atoms in total. The summed E-state index contributed by atoms with van der Waals surface area (Å²) < 4.78 is 5.71. The number of carbonyl (C=O) groups is 1. The van der Waals surface area contributed by atoms with Crippen LogP contribution in [0, 0.1) is 0 Å². The van der Waals surface area contributed by atoms with E-state index < -0.39 is 0 Å². The molecule has 3 heterocycles. The topological polar surface area (TPSA) is 54.8 Å². The van der Waals surface area contributed by atoms with Gasteiger partial charge >= 0.3 is 0 Å². The van der Waals surface area contributed by atoms with Gasteiger partial charge in [-0.3, -0.25) is 9.78 Å². The summed E-state index contributed by atoms with van der Waals surface area (Å²) in [6.07, 6.45) is 5.59. The highest BCUT2D eigenvalue weighted by Gasteiger charge is 2.30. The van der Waals surface area contributed by atoms with Crippen LogP contribution in [0.15, 0.2) is 34.4 Å². The minimum Gasteiger partial charge on any atom is -0.372 e. The van der Waals surface area contributed by atoms with E-state index in [0.717, 1.165) is 23.8 Å². The Labute approximate surface area is 128 Å². The molecule has 1 aromatic heterocycles. The maximum absolute atomic E-state index is 12.0. The molecule has 6 heteroatoms. The summed E-state index contributed by atoms with van der Waals surface area (Å²) in [5.74, 6) is -0.168. The number of thioether (sulfide) groups is 1. The fraction of sp³-hybridized carbons (Fsp3) is 0.400. The number of ether oxygens (including phenoxy) is 1. The number of rotatable bonds is 1. The Hall–Kier alpha value is -1.66. The third kappa shape index (κ3) is 3.33. The number of nitrogens with zero attached hydrogens (tertiary/aromatic N) is 3. The summed E-state index contributed by atoms with van der Waals surface area (Å²) in [6, 6.07) is 3.75. The molecule has 0 saturated carbocycles. The van der Waals surface area contributed by atoms with Gasteiger partial charge in [0, 0.05) is 25.5 Å². The molecule has 2 aliphatic rings. The molecule has 0 spiro atoms. The second-order valence-corrected chi connectivity index (χ2v) is 6.26. The van der Waals surface area contributed by atoms with Gasteiger partial charge in [-0.25, -0.2) is 0 Å². The molecule has 21 heavy (non-hydrogen) atoms. The molecule has 0 unspecified atom stereocenters. The number of carbonyl (C=O) groups excluding carboxylic acids is 1. The van der Waals surface area contributed by atoms with Gasteiger partial charge in [-0.2, -0.15) is 4.99 Å². The Morgan fingerprint density at radius 2 is 1.95 bits per heavy atom. The summed E-state index contributed by atoms with van der Waals surface area (Å²) in [4.78, 5) is 23.0. The van der Waals surface area contributed by atoms with E-state index in [-0.39, 0.29) is 18.1 Å². The maximum atomic E-state index is 12.0. The molecule has 0 aliphatic carbocycles. The third-order valence-corrected chi connectivity index (χ3v) is 4.35. The van der Waals surface area contributed by atoms with Crippen LogP contribution < -0.4 is 0 Å². The number of morpholine rings is 1. The molecule has 3 rings (SSSR count). The van der Waals surface area contributed by atoms with Crippen LogP contribution in [-0.4, -0.2) is 46.3 Å². The lowest BCUT2D eigenvalue weighted by Gasteiger charge is -2.35. The molecule has 110 valence electrons. The Morgan fingerprint density at radius 1 is 1.29 bits per heavy atom. The van der Waals surface area contributed by atoms with Crippen molar-refractivity contribution < 1.29 is 9.53 Å². The first-order valence-electron chi connectivity index (χ1n) is 6.95. The number of amides is 1. The van der Waals surface area contributed by atoms with Crippen LogP contribution in [0.4, 0.5) is 0 Å². The zero-order valence-corrected chi connectivity index (χ0v) is 12.8. The number of hydrogen-bond donors (Lipinski definition) is 0. The van der Waals surface area contributed by atoms with Crippen LogP contribution in [0.1, 0.15) is 19.4 Å². The Kier molecular flexibility index (Phi) is 4.07. The lowest BCUT2D eigenvalue weighted by atomic mass is 10.2.